The second-order valence-corrected chi connectivity index (χ2v) is 5.74. The summed E-state index contributed by atoms with van der Waals surface area (Å²) in [4.78, 5) is 16.1. The van der Waals surface area contributed by atoms with E-state index in [1.54, 1.807) is 12.4 Å². The Bertz CT molecular complexity index is 540. The monoisotopic (exact) mass is 397 g/mol. The van der Waals surface area contributed by atoms with Crippen molar-refractivity contribution in [3.05, 3.63) is 25.3 Å². The molecule has 0 aromatic carbocycles. The molecule has 0 N–H and O–H groups in total. The molecule has 0 radical (unpaired) electrons. The van der Waals surface area contributed by atoms with Crippen LogP contribution in [0.1, 0.15) is 9.67 Å². The van der Waals surface area contributed by atoms with Gasteiger partial charge in [-0.25, -0.2) is 4.79 Å². The summed E-state index contributed by atoms with van der Waals surface area (Å²) in [6.45, 7) is 0. The van der Waals surface area contributed by atoms with Crippen LogP contribution in [0.5, 0.6) is 0 Å². The maximum absolute atomic E-state index is 11.5. The fourth-order valence-electron chi connectivity index (χ4n) is 1.20. The molecule has 2 rings (SSSR count). The number of halogens is 2. The number of carbonyl (C=O) groups excluding carboxylic acids is 1. The number of fused-ring (bicyclic) bond motifs is 1. The van der Waals surface area contributed by atoms with E-state index < -0.39 is 0 Å². The number of nitrogens with zero attached hydrogens (tertiary/aromatic N) is 1. The highest BCUT2D eigenvalue weighted by molar-refractivity contribution is 14.1. The van der Waals surface area contributed by atoms with Gasteiger partial charge in [-0.1, -0.05) is 0 Å². The minimum Gasteiger partial charge on any atom is -0.465 e. The van der Waals surface area contributed by atoms with Gasteiger partial charge in [0.25, 0.3) is 0 Å². The van der Waals surface area contributed by atoms with Gasteiger partial charge in [0, 0.05) is 21.4 Å². The molecule has 2 aromatic rings. The molecule has 0 atom stereocenters. The number of pyridine rings is 1. The Hall–Kier alpha value is -0.210. The van der Waals surface area contributed by atoms with Crippen molar-refractivity contribution in [3.8, 4) is 0 Å². The molecule has 0 aliphatic rings. The van der Waals surface area contributed by atoms with Gasteiger partial charge in [0.1, 0.15) is 4.88 Å². The van der Waals surface area contributed by atoms with Crippen molar-refractivity contribution in [2.24, 2.45) is 0 Å². The van der Waals surface area contributed by atoms with Crippen LogP contribution in [0.25, 0.3) is 10.1 Å². The molecule has 6 heteroatoms. The molecule has 3 nitrogen and oxygen atoms in total. The first-order chi connectivity index (χ1) is 7.15. The molecule has 15 heavy (non-hydrogen) atoms. The van der Waals surface area contributed by atoms with Crippen LogP contribution in [0, 0.1) is 3.57 Å². The maximum atomic E-state index is 11.5. The van der Waals surface area contributed by atoms with Gasteiger partial charge < -0.3 is 4.74 Å². The molecular formula is C9H5BrINO2S. The molecule has 0 saturated heterocycles. The normalized spacial score (nSPS) is 10.6. The number of methoxy groups -OCH3 is 1. The summed E-state index contributed by atoms with van der Waals surface area (Å²) < 4.78 is 7.50. The van der Waals surface area contributed by atoms with E-state index in [9.17, 15) is 4.79 Å². The molecule has 0 bridgehead atoms. The van der Waals surface area contributed by atoms with Crippen LogP contribution in [0.3, 0.4) is 0 Å². The standard InChI is InChI=1S/C9H5BrINO2S/c1-14-9(13)8-7(10)6-4(11)2-12-3-5(6)15-8/h2-3H,1H3. The number of thiophene rings is 1. The maximum Gasteiger partial charge on any atom is 0.349 e. The smallest absolute Gasteiger partial charge is 0.349 e. The number of aromatic nitrogens is 1. The van der Waals surface area contributed by atoms with Crippen molar-refractivity contribution in [1.29, 1.82) is 0 Å². The van der Waals surface area contributed by atoms with Crippen molar-refractivity contribution in [3.63, 3.8) is 0 Å². The number of esters is 1. The molecular weight excluding hydrogens is 393 g/mol. The Balaban J connectivity index is 2.75. The molecule has 0 spiro atoms. The molecule has 0 unspecified atom stereocenters. The van der Waals surface area contributed by atoms with Crippen molar-refractivity contribution in [2.45, 2.75) is 0 Å². The van der Waals surface area contributed by atoms with Crippen LogP contribution in [0.4, 0.5) is 0 Å². The van der Waals surface area contributed by atoms with Gasteiger partial charge in [-0.3, -0.25) is 4.98 Å². The lowest BCUT2D eigenvalue weighted by molar-refractivity contribution is 0.0605. The van der Waals surface area contributed by atoms with Crippen molar-refractivity contribution >= 4 is 65.9 Å². The van der Waals surface area contributed by atoms with E-state index >= 15 is 0 Å². The van der Waals surface area contributed by atoms with Crippen molar-refractivity contribution < 1.29 is 9.53 Å². The molecule has 2 heterocycles. The second kappa shape index (κ2) is 4.34. The van der Waals surface area contributed by atoms with Gasteiger partial charge in [0.05, 0.1) is 16.3 Å². The first-order valence-corrected chi connectivity index (χ1v) is 6.63. The second-order valence-electron chi connectivity index (χ2n) is 2.73. The van der Waals surface area contributed by atoms with E-state index in [0.717, 1.165) is 18.1 Å². The minimum absolute atomic E-state index is 0.320. The summed E-state index contributed by atoms with van der Waals surface area (Å²) in [7, 11) is 1.38. The Labute approximate surface area is 112 Å². The summed E-state index contributed by atoms with van der Waals surface area (Å²) in [5.41, 5.74) is 0. The SMILES string of the molecule is COC(=O)c1sc2cncc(I)c2c1Br. The fourth-order valence-corrected chi connectivity index (χ4v) is 4.44. The lowest BCUT2D eigenvalue weighted by Crippen LogP contribution is -1.98. The van der Waals surface area contributed by atoms with Gasteiger partial charge in [-0.2, -0.15) is 0 Å². The molecule has 0 fully saturated rings. The summed E-state index contributed by atoms with van der Waals surface area (Å²) in [6, 6.07) is 0. The fraction of sp³-hybridized carbons (Fsp3) is 0.111. The molecule has 0 aliphatic heterocycles. The highest BCUT2D eigenvalue weighted by Crippen LogP contribution is 2.37. The number of rotatable bonds is 1. The Morgan fingerprint density at radius 2 is 2.33 bits per heavy atom. The molecule has 0 saturated carbocycles. The highest BCUT2D eigenvalue weighted by Gasteiger charge is 2.18. The predicted molar refractivity (Wildman–Crippen MR) is 71.4 cm³/mol. The quantitative estimate of drug-likeness (QED) is 0.546. The zero-order valence-corrected chi connectivity index (χ0v) is 12.1. The number of hydrogen-bond acceptors (Lipinski definition) is 4. The zero-order valence-electron chi connectivity index (χ0n) is 7.58. The average molecular weight is 398 g/mol. The van der Waals surface area contributed by atoms with E-state index in [2.05, 4.69) is 43.5 Å². The summed E-state index contributed by atoms with van der Waals surface area (Å²) in [5.74, 6) is -0.320. The van der Waals surface area contributed by atoms with Gasteiger partial charge in [-0.15, -0.1) is 11.3 Å². The van der Waals surface area contributed by atoms with Gasteiger partial charge >= 0.3 is 5.97 Å². The largest absolute Gasteiger partial charge is 0.465 e. The number of carbonyl (C=O) groups is 1. The Kier molecular flexibility index (Phi) is 3.27. The molecule has 0 aliphatic carbocycles. The summed E-state index contributed by atoms with van der Waals surface area (Å²) in [6.07, 6.45) is 3.51. The predicted octanol–water partition coefficient (Wildman–Crippen LogP) is 3.45. The average Bonchev–Trinajstić information content (AvgIpc) is 2.56. The number of hydrogen-bond donors (Lipinski definition) is 0. The van der Waals surface area contributed by atoms with Crippen LogP contribution in [0.15, 0.2) is 16.9 Å². The topological polar surface area (TPSA) is 39.2 Å². The van der Waals surface area contributed by atoms with E-state index in [4.69, 9.17) is 4.74 Å². The van der Waals surface area contributed by atoms with Crippen LogP contribution >= 0.6 is 49.9 Å². The Morgan fingerprint density at radius 1 is 1.60 bits per heavy atom. The third-order valence-corrected chi connectivity index (χ3v) is 4.84. The van der Waals surface area contributed by atoms with Crippen LogP contribution in [-0.4, -0.2) is 18.1 Å². The van der Waals surface area contributed by atoms with Crippen molar-refractivity contribution in [1.82, 2.24) is 4.98 Å². The summed E-state index contributed by atoms with van der Waals surface area (Å²) in [5, 5.41) is 1.02. The van der Waals surface area contributed by atoms with Crippen molar-refractivity contribution in [2.75, 3.05) is 7.11 Å². The van der Waals surface area contributed by atoms with E-state index in [0.29, 0.717) is 4.88 Å². The highest BCUT2D eigenvalue weighted by atomic mass is 127. The third-order valence-electron chi connectivity index (χ3n) is 1.87. The van der Waals surface area contributed by atoms with Gasteiger partial charge in [-0.05, 0) is 38.5 Å². The number of ether oxygens (including phenoxy) is 1. The van der Waals surface area contributed by atoms with Crippen LogP contribution < -0.4 is 0 Å². The van der Waals surface area contributed by atoms with Crippen LogP contribution in [0.2, 0.25) is 0 Å². The van der Waals surface area contributed by atoms with E-state index in [1.165, 1.54) is 18.4 Å². The lowest BCUT2D eigenvalue weighted by atomic mass is 10.3. The third kappa shape index (κ3) is 1.90. The first kappa shape index (κ1) is 11.3. The molecule has 78 valence electrons. The Morgan fingerprint density at radius 3 is 2.93 bits per heavy atom. The van der Waals surface area contributed by atoms with E-state index in [1.807, 2.05) is 0 Å². The minimum atomic E-state index is -0.320. The zero-order chi connectivity index (χ0) is 11.0. The van der Waals surface area contributed by atoms with Crippen LogP contribution in [-0.2, 0) is 4.74 Å². The lowest BCUT2D eigenvalue weighted by Gasteiger charge is -1.95. The molecule has 2 aromatic heterocycles. The van der Waals surface area contributed by atoms with Gasteiger partial charge in [0.2, 0.25) is 0 Å². The molecule has 0 amide bonds. The first-order valence-electron chi connectivity index (χ1n) is 3.95. The van der Waals surface area contributed by atoms with Gasteiger partial charge in [0.15, 0.2) is 0 Å². The summed E-state index contributed by atoms with van der Waals surface area (Å²) >= 11 is 7.00. The van der Waals surface area contributed by atoms with E-state index in [-0.39, 0.29) is 5.97 Å².